The van der Waals surface area contributed by atoms with E-state index >= 15 is 0 Å². The molecule has 1 aromatic heterocycles. The molecule has 0 aliphatic carbocycles. The van der Waals surface area contributed by atoms with Crippen LogP contribution in [-0.2, 0) is 0 Å². The summed E-state index contributed by atoms with van der Waals surface area (Å²) >= 11 is 0. The van der Waals surface area contributed by atoms with Gasteiger partial charge < -0.3 is 10.2 Å². The van der Waals surface area contributed by atoms with Crippen molar-refractivity contribution in [2.75, 3.05) is 13.1 Å². The Hall–Kier alpha value is -1.42. The minimum Gasteiger partial charge on any atom is -0.339 e. The summed E-state index contributed by atoms with van der Waals surface area (Å²) < 4.78 is 0. The molecule has 1 saturated heterocycles. The Morgan fingerprint density at radius 3 is 2.50 bits per heavy atom. The zero-order valence-corrected chi connectivity index (χ0v) is 11.1. The number of amides is 1. The van der Waals surface area contributed by atoms with Gasteiger partial charge in [0.2, 0.25) is 0 Å². The van der Waals surface area contributed by atoms with Crippen molar-refractivity contribution < 1.29 is 4.79 Å². The van der Waals surface area contributed by atoms with Crippen LogP contribution in [0.5, 0.6) is 0 Å². The van der Waals surface area contributed by atoms with Gasteiger partial charge in [0.25, 0.3) is 5.91 Å². The van der Waals surface area contributed by atoms with E-state index in [0.717, 1.165) is 31.5 Å². The van der Waals surface area contributed by atoms with Gasteiger partial charge in [-0.05, 0) is 25.0 Å². The lowest BCUT2D eigenvalue weighted by Crippen LogP contribution is -2.46. The molecule has 0 saturated carbocycles. The Morgan fingerprint density at radius 1 is 1.33 bits per heavy atom. The van der Waals surface area contributed by atoms with Gasteiger partial charge in [0.1, 0.15) is 0 Å². The minimum atomic E-state index is 0.125. The number of hydrogen-bond donors (Lipinski definition) is 1. The summed E-state index contributed by atoms with van der Waals surface area (Å²) in [6.07, 6.45) is 5.41. The molecule has 1 N–H and O–H groups in total. The minimum absolute atomic E-state index is 0.125. The molecule has 2 heterocycles. The van der Waals surface area contributed by atoms with E-state index in [4.69, 9.17) is 0 Å². The fraction of sp³-hybridized carbons (Fsp3) is 0.571. The normalized spacial score (nSPS) is 17.2. The Morgan fingerprint density at radius 2 is 1.94 bits per heavy atom. The quantitative estimate of drug-likeness (QED) is 0.884. The fourth-order valence-corrected chi connectivity index (χ4v) is 2.40. The molecule has 4 heteroatoms. The first kappa shape index (κ1) is 13.0. The number of carbonyl (C=O) groups is 1. The second-order valence-corrected chi connectivity index (χ2v) is 5.12. The molecule has 1 aliphatic heterocycles. The summed E-state index contributed by atoms with van der Waals surface area (Å²) in [5.74, 6) is 0.125. The Kier molecular flexibility index (Phi) is 4.31. The van der Waals surface area contributed by atoms with Gasteiger partial charge in [-0.15, -0.1) is 0 Å². The number of aromatic nitrogens is 1. The maximum absolute atomic E-state index is 12.2. The highest BCUT2D eigenvalue weighted by atomic mass is 16.2. The largest absolute Gasteiger partial charge is 0.339 e. The third-order valence-corrected chi connectivity index (χ3v) is 3.28. The molecular formula is C14H21N3O. The summed E-state index contributed by atoms with van der Waals surface area (Å²) in [5, 5.41) is 3.53. The van der Waals surface area contributed by atoms with Crippen molar-refractivity contribution in [2.24, 2.45) is 0 Å². The second kappa shape index (κ2) is 5.96. The van der Waals surface area contributed by atoms with Gasteiger partial charge in [-0.3, -0.25) is 9.78 Å². The predicted molar refractivity (Wildman–Crippen MR) is 71.4 cm³/mol. The third-order valence-electron chi connectivity index (χ3n) is 3.28. The van der Waals surface area contributed by atoms with Crippen LogP contribution in [0.25, 0.3) is 0 Å². The van der Waals surface area contributed by atoms with Crippen molar-refractivity contribution in [3.8, 4) is 0 Å². The van der Waals surface area contributed by atoms with Crippen molar-refractivity contribution in [1.82, 2.24) is 15.2 Å². The van der Waals surface area contributed by atoms with E-state index in [1.165, 1.54) is 0 Å². The smallest absolute Gasteiger partial charge is 0.253 e. The summed E-state index contributed by atoms with van der Waals surface area (Å²) in [5.41, 5.74) is 0.736. The first-order valence-corrected chi connectivity index (χ1v) is 6.62. The van der Waals surface area contributed by atoms with Crippen molar-refractivity contribution in [3.05, 3.63) is 30.1 Å². The molecule has 18 heavy (non-hydrogen) atoms. The average molecular weight is 247 g/mol. The lowest BCUT2D eigenvalue weighted by molar-refractivity contribution is 0.0703. The molecule has 1 fully saturated rings. The maximum atomic E-state index is 12.2. The van der Waals surface area contributed by atoms with Gasteiger partial charge in [-0.1, -0.05) is 13.8 Å². The maximum Gasteiger partial charge on any atom is 0.253 e. The molecule has 1 aromatic rings. The van der Waals surface area contributed by atoms with Crippen LogP contribution in [0.15, 0.2) is 24.5 Å². The molecule has 0 spiro atoms. The topological polar surface area (TPSA) is 45.2 Å². The van der Waals surface area contributed by atoms with Gasteiger partial charge >= 0.3 is 0 Å². The van der Waals surface area contributed by atoms with Crippen molar-refractivity contribution in [1.29, 1.82) is 0 Å². The van der Waals surface area contributed by atoms with Crippen molar-refractivity contribution in [3.63, 3.8) is 0 Å². The van der Waals surface area contributed by atoms with E-state index in [2.05, 4.69) is 24.1 Å². The number of hydrogen-bond acceptors (Lipinski definition) is 3. The number of pyridine rings is 1. The van der Waals surface area contributed by atoms with E-state index in [1.54, 1.807) is 24.5 Å². The fourth-order valence-electron chi connectivity index (χ4n) is 2.40. The SMILES string of the molecule is CC(C)NC1CCN(C(=O)c2ccncc2)CC1. The molecule has 98 valence electrons. The molecule has 2 rings (SSSR count). The van der Waals surface area contributed by atoms with E-state index in [1.807, 2.05) is 4.90 Å². The van der Waals surface area contributed by atoms with Crippen LogP contribution in [0.3, 0.4) is 0 Å². The monoisotopic (exact) mass is 247 g/mol. The Labute approximate surface area is 108 Å². The first-order chi connectivity index (χ1) is 8.66. The number of rotatable bonds is 3. The zero-order chi connectivity index (χ0) is 13.0. The van der Waals surface area contributed by atoms with E-state index in [0.29, 0.717) is 12.1 Å². The van der Waals surface area contributed by atoms with Crippen LogP contribution in [0.4, 0.5) is 0 Å². The molecule has 0 unspecified atom stereocenters. The predicted octanol–water partition coefficient (Wildman–Crippen LogP) is 1.68. The molecule has 0 radical (unpaired) electrons. The van der Waals surface area contributed by atoms with Crippen LogP contribution in [-0.4, -0.2) is 41.0 Å². The first-order valence-electron chi connectivity index (χ1n) is 6.62. The Bertz CT molecular complexity index is 383. The van der Waals surface area contributed by atoms with Crippen molar-refractivity contribution in [2.45, 2.75) is 38.8 Å². The molecular weight excluding hydrogens is 226 g/mol. The highest BCUT2D eigenvalue weighted by Gasteiger charge is 2.23. The van der Waals surface area contributed by atoms with E-state index < -0.39 is 0 Å². The van der Waals surface area contributed by atoms with Crippen LogP contribution < -0.4 is 5.32 Å². The van der Waals surface area contributed by atoms with Crippen LogP contribution >= 0.6 is 0 Å². The van der Waals surface area contributed by atoms with Gasteiger partial charge in [-0.25, -0.2) is 0 Å². The lowest BCUT2D eigenvalue weighted by atomic mass is 10.0. The molecule has 0 aromatic carbocycles. The number of nitrogens with zero attached hydrogens (tertiary/aromatic N) is 2. The lowest BCUT2D eigenvalue weighted by Gasteiger charge is -2.33. The van der Waals surface area contributed by atoms with Crippen LogP contribution in [0.2, 0.25) is 0 Å². The second-order valence-electron chi connectivity index (χ2n) is 5.12. The third kappa shape index (κ3) is 3.29. The molecule has 0 bridgehead atoms. The summed E-state index contributed by atoms with van der Waals surface area (Å²) in [6.45, 7) is 6.00. The van der Waals surface area contributed by atoms with E-state index in [9.17, 15) is 4.79 Å². The van der Waals surface area contributed by atoms with Gasteiger partial charge in [0, 0.05) is 43.1 Å². The van der Waals surface area contributed by atoms with Crippen LogP contribution in [0, 0.1) is 0 Å². The Balaban J connectivity index is 1.88. The van der Waals surface area contributed by atoms with Crippen LogP contribution in [0.1, 0.15) is 37.0 Å². The highest BCUT2D eigenvalue weighted by molar-refractivity contribution is 5.94. The molecule has 0 atom stereocenters. The number of likely N-dealkylation sites (tertiary alicyclic amines) is 1. The van der Waals surface area contributed by atoms with Crippen molar-refractivity contribution >= 4 is 5.91 Å². The number of nitrogens with one attached hydrogen (secondary N) is 1. The summed E-state index contributed by atoms with van der Waals surface area (Å²) in [4.78, 5) is 18.1. The standard InChI is InChI=1S/C14H21N3O/c1-11(2)16-13-5-9-17(10-6-13)14(18)12-3-7-15-8-4-12/h3-4,7-8,11,13,16H,5-6,9-10H2,1-2H3. The zero-order valence-electron chi connectivity index (χ0n) is 11.1. The van der Waals surface area contributed by atoms with Gasteiger partial charge in [0.15, 0.2) is 0 Å². The summed E-state index contributed by atoms with van der Waals surface area (Å²) in [6, 6.07) is 4.62. The molecule has 1 amide bonds. The van der Waals surface area contributed by atoms with E-state index in [-0.39, 0.29) is 5.91 Å². The number of piperidine rings is 1. The number of carbonyl (C=O) groups excluding carboxylic acids is 1. The van der Waals surface area contributed by atoms with Gasteiger partial charge in [0.05, 0.1) is 0 Å². The van der Waals surface area contributed by atoms with Gasteiger partial charge in [-0.2, -0.15) is 0 Å². The molecule has 4 nitrogen and oxygen atoms in total. The molecule has 1 aliphatic rings. The average Bonchev–Trinajstić information content (AvgIpc) is 2.39. The highest BCUT2D eigenvalue weighted by Crippen LogP contribution is 2.14. The summed E-state index contributed by atoms with van der Waals surface area (Å²) in [7, 11) is 0.